The second-order valence-corrected chi connectivity index (χ2v) is 7.19. The third kappa shape index (κ3) is 2.46. The minimum Gasteiger partial charge on any atom is -0.356 e. The Labute approximate surface area is 120 Å². The Hall–Kier alpha value is -1.36. The van der Waals surface area contributed by atoms with Crippen LogP contribution >= 0.6 is 0 Å². The van der Waals surface area contributed by atoms with E-state index in [1.807, 2.05) is 6.07 Å². The predicted molar refractivity (Wildman–Crippen MR) is 81.6 cm³/mol. The zero-order valence-corrected chi connectivity index (χ0v) is 12.7. The highest BCUT2D eigenvalue weighted by Gasteiger charge is 2.37. The molecule has 0 spiro atoms. The van der Waals surface area contributed by atoms with Crippen LogP contribution in [-0.2, 0) is 5.41 Å². The second-order valence-electron chi connectivity index (χ2n) is 7.19. The van der Waals surface area contributed by atoms with E-state index in [1.54, 1.807) is 0 Å². The van der Waals surface area contributed by atoms with Crippen molar-refractivity contribution >= 4 is 11.6 Å². The first kappa shape index (κ1) is 13.6. The van der Waals surface area contributed by atoms with Gasteiger partial charge in [0.1, 0.15) is 17.5 Å². The van der Waals surface area contributed by atoms with Crippen LogP contribution in [0.15, 0.2) is 6.07 Å². The average Bonchev–Trinajstić information content (AvgIpc) is 2.97. The fraction of sp³-hybridized carbons (Fsp3) is 0.733. The van der Waals surface area contributed by atoms with Crippen molar-refractivity contribution in [3.05, 3.63) is 11.9 Å². The van der Waals surface area contributed by atoms with E-state index < -0.39 is 0 Å². The maximum Gasteiger partial charge on any atom is 0.145 e. The van der Waals surface area contributed by atoms with Crippen LogP contribution in [0.5, 0.6) is 0 Å². The van der Waals surface area contributed by atoms with E-state index in [2.05, 4.69) is 36.1 Å². The summed E-state index contributed by atoms with van der Waals surface area (Å²) in [5.41, 5.74) is 2.60. The number of anilines is 2. The maximum atomic E-state index is 5.56. The Morgan fingerprint density at radius 3 is 2.40 bits per heavy atom. The zero-order chi connectivity index (χ0) is 14.3. The number of aromatic nitrogens is 2. The summed E-state index contributed by atoms with van der Waals surface area (Å²) in [7, 11) is 0. The summed E-state index contributed by atoms with van der Waals surface area (Å²) in [5, 5.41) is 0. The molecule has 110 valence electrons. The van der Waals surface area contributed by atoms with Crippen molar-refractivity contribution in [3.8, 4) is 0 Å². The predicted octanol–water partition coefficient (Wildman–Crippen LogP) is 2.30. The Kier molecular flexibility index (Phi) is 3.32. The van der Waals surface area contributed by atoms with E-state index in [0.717, 1.165) is 36.6 Å². The first-order valence-corrected chi connectivity index (χ1v) is 7.58. The molecule has 0 bridgehead atoms. The third-order valence-corrected chi connectivity index (χ3v) is 4.58. The molecule has 0 aromatic carbocycles. The largest absolute Gasteiger partial charge is 0.356 e. The van der Waals surface area contributed by atoms with Crippen molar-refractivity contribution in [1.29, 1.82) is 0 Å². The molecule has 0 radical (unpaired) electrons. The van der Waals surface area contributed by atoms with Crippen LogP contribution in [0, 0.1) is 11.8 Å². The molecule has 1 saturated carbocycles. The normalized spacial score (nSPS) is 25.9. The number of nitrogens with one attached hydrogen (secondary N) is 1. The van der Waals surface area contributed by atoms with Gasteiger partial charge < -0.3 is 10.3 Å². The summed E-state index contributed by atoms with van der Waals surface area (Å²) in [6.07, 6.45) is 4.15. The van der Waals surface area contributed by atoms with Crippen molar-refractivity contribution in [2.45, 2.75) is 45.4 Å². The van der Waals surface area contributed by atoms with Gasteiger partial charge in [-0.3, -0.25) is 0 Å². The fourth-order valence-corrected chi connectivity index (χ4v) is 3.43. The van der Waals surface area contributed by atoms with Crippen LogP contribution in [-0.4, -0.2) is 23.1 Å². The van der Waals surface area contributed by atoms with Gasteiger partial charge in [0.05, 0.1) is 0 Å². The fourth-order valence-electron chi connectivity index (χ4n) is 3.43. The summed E-state index contributed by atoms with van der Waals surface area (Å²) in [6.45, 7) is 8.66. The van der Waals surface area contributed by atoms with Gasteiger partial charge in [-0.1, -0.05) is 27.2 Å². The van der Waals surface area contributed by atoms with Crippen molar-refractivity contribution in [2.24, 2.45) is 17.7 Å². The number of hydrazine groups is 1. The van der Waals surface area contributed by atoms with Crippen LogP contribution in [0.3, 0.4) is 0 Å². The lowest BCUT2D eigenvalue weighted by molar-refractivity contribution is 0.494. The Bertz CT molecular complexity index is 482. The van der Waals surface area contributed by atoms with Gasteiger partial charge in [-0.15, -0.1) is 0 Å². The molecule has 1 aromatic heterocycles. The minimum atomic E-state index is -0.0722. The molecule has 2 heterocycles. The number of hydrogen-bond donors (Lipinski definition) is 2. The van der Waals surface area contributed by atoms with Gasteiger partial charge in [0.15, 0.2) is 0 Å². The van der Waals surface area contributed by atoms with E-state index >= 15 is 0 Å². The standard InChI is InChI=1S/C15H25N5/c1-15(2,3)14-17-12(19-16)7-13(18-14)20-8-10-5-4-6-11(10)9-20/h7,10-11H,4-6,8-9,16H2,1-3H3,(H,17,18,19). The summed E-state index contributed by atoms with van der Waals surface area (Å²) in [5.74, 6) is 9.85. The first-order valence-electron chi connectivity index (χ1n) is 7.58. The highest BCUT2D eigenvalue weighted by molar-refractivity contribution is 5.50. The lowest BCUT2D eigenvalue weighted by Crippen LogP contribution is -2.26. The monoisotopic (exact) mass is 275 g/mol. The minimum absolute atomic E-state index is 0.0722. The molecule has 2 unspecified atom stereocenters. The molecule has 20 heavy (non-hydrogen) atoms. The van der Waals surface area contributed by atoms with Crippen molar-refractivity contribution in [2.75, 3.05) is 23.4 Å². The second kappa shape index (κ2) is 4.88. The van der Waals surface area contributed by atoms with Crippen LogP contribution in [0.1, 0.15) is 45.9 Å². The van der Waals surface area contributed by atoms with Crippen molar-refractivity contribution < 1.29 is 0 Å². The first-order chi connectivity index (χ1) is 9.47. The van der Waals surface area contributed by atoms with Crippen LogP contribution in [0.4, 0.5) is 11.6 Å². The maximum absolute atomic E-state index is 5.56. The molecule has 5 heteroatoms. The molecular weight excluding hydrogens is 250 g/mol. The third-order valence-electron chi connectivity index (χ3n) is 4.58. The highest BCUT2D eigenvalue weighted by atomic mass is 15.3. The number of nitrogens with zero attached hydrogens (tertiary/aromatic N) is 3. The summed E-state index contributed by atoms with van der Waals surface area (Å²) < 4.78 is 0. The van der Waals surface area contributed by atoms with Gasteiger partial charge >= 0.3 is 0 Å². The molecule has 0 amide bonds. The number of nitrogens with two attached hydrogens (primary N) is 1. The van der Waals surface area contributed by atoms with E-state index in [9.17, 15) is 0 Å². The van der Waals surface area contributed by atoms with Crippen LogP contribution < -0.4 is 16.2 Å². The van der Waals surface area contributed by atoms with Crippen LogP contribution in [0.25, 0.3) is 0 Å². The number of nitrogen functional groups attached to an aromatic ring is 1. The number of fused-ring (bicyclic) bond motifs is 1. The SMILES string of the molecule is CC(C)(C)c1nc(NN)cc(N2CC3CCCC3C2)n1. The Morgan fingerprint density at radius 1 is 1.20 bits per heavy atom. The molecule has 1 aliphatic heterocycles. The molecule has 5 nitrogen and oxygen atoms in total. The highest BCUT2D eigenvalue weighted by Crippen LogP contribution is 2.39. The van der Waals surface area contributed by atoms with Crippen LogP contribution in [0.2, 0.25) is 0 Å². The molecule has 3 N–H and O–H groups in total. The number of hydrogen-bond acceptors (Lipinski definition) is 5. The summed E-state index contributed by atoms with van der Waals surface area (Å²) in [6, 6.07) is 1.97. The molecular formula is C15H25N5. The van der Waals surface area contributed by atoms with Gasteiger partial charge in [-0.2, -0.15) is 0 Å². The lowest BCUT2D eigenvalue weighted by atomic mass is 9.96. The summed E-state index contributed by atoms with van der Waals surface area (Å²) in [4.78, 5) is 11.7. The Morgan fingerprint density at radius 2 is 1.85 bits per heavy atom. The Balaban J connectivity index is 1.89. The zero-order valence-electron chi connectivity index (χ0n) is 12.7. The van der Waals surface area contributed by atoms with E-state index in [1.165, 1.54) is 19.3 Å². The molecule has 3 rings (SSSR count). The van der Waals surface area contributed by atoms with Gasteiger partial charge in [-0.25, -0.2) is 15.8 Å². The molecule has 2 fully saturated rings. The van der Waals surface area contributed by atoms with Crippen molar-refractivity contribution in [3.63, 3.8) is 0 Å². The average molecular weight is 275 g/mol. The lowest BCUT2D eigenvalue weighted by Gasteiger charge is -2.23. The molecule has 1 aromatic rings. The molecule has 1 aliphatic carbocycles. The summed E-state index contributed by atoms with van der Waals surface area (Å²) >= 11 is 0. The number of rotatable bonds is 2. The van der Waals surface area contributed by atoms with E-state index in [0.29, 0.717) is 5.82 Å². The van der Waals surface area contributed by atoms with Gasteiger partial charge in [-0.05, 0) is 24.7 Å². The van der Waals surface area contributed by atoms with E-state index in [-0.39, 0.29) is 5.41 Å². The van der Waals surface area contributed by atoms with Gasteiger partial charge in [0.25, 0.3) is 0 Å². The smallest absolute Gasteiger partial charge is 0.145 e. The topological polar surface area (TPSA) is 67.1 Å². The molecule has 1 saturated heterocycles. The quantitative estimate of drug-likeness (QED) is 0.640. The van der Waals surface area contributed by atoms with Gasteiger partial charge in [0, 0.05) is 24.6 Å². The van der Waals surface area contributed by atoms with E-state index in [4.69, 9.17) is 10.8 Å². The molecule has 2 atom stereocenters. The molecule has 2 aliphatic rings. The van der Waals surface area contributed by atoms with Gasteiger partial charge in [0.2, 0.25) is 0 Å². The van der Waals surface area contributed by atoms with Crippen molar-refractivity contribution in [1.82, 2.24) is 9.97 Å².